The van der Waals surface area contributed by atoms with Crippen LogP contribution in [0.3, 0.4) is 0 Å². The summed E-state index contributed by atoms with van der Waals surface area (Å²) in [6, 6.07) is 11.2. The second kappa shape index (κ2) is 5.50. The summed E-state index contributed by atoms with van der Waals surface area (Å²) in [4.78, 5) is 8.17. The maximum Gasteiger partial charge on any atom is 0.0831 e. The van der Waals surface area contributed by atoms with Crippen molar-refractivity contribution >= 4 is 12.4 Å². The Labute approximate surface area is 93.4 Å². The third kappa shape index (κ3) is 3.09. The smallest absolute Gasteiger partial charge is 0.0831 e. The summed E-state index contributed by atoms with van der Waals surface area (Å²) in [6.45, 7) is 0. The van der Waals surface area contributed by atoms with Gasteiger partial charge >= 0.3 is 0 Å². The largest absolute Gasteiger partial charge is 0.255 e. The summed E-state index contributed by atoms with van der Waals surface area (Å²) in [7, 11) is 0. The highest BCUT2D eigenvalue weighted by Gasteiger charge is 1.85. The van der Waals surface area contributed by atoms with Crippen molar-refractivity contribution in [3.63, 3.8) is 0 Å². The Balaban J connectivity index is 1.98. The molecule has 4 heteroatoms. The molecule has 0 aromatic carbocycles. The molecule has 0 N–H and O–H groups in total. The molecule has 0 bridgehead atoms. The number of pyridine rings is 2. The van der Waals surface area contributed by atoms with Gasteiger partial charge in [0.15, 0.2) is 0 Å². The summed E-state index contributed by atoms with van der Waals surface area (Å²) in [5, 5.41) is 7.76. The van der Waals surface area contributed by atoms with Crippen molar-refractivity contribution in [2.24, 2.45) is 10.2 Å². The monoisotopic (exact) mass is 210 g/mol. The van der Waals surface area contributed by atoms with Gasteiger partial charge in [-0.05, 0) is 24.3 Å². The van der Waals surface area contributed by atoms with Gasteiger partial charge in [-0.15, -0.1) is 0 Å². The average molecular weight is 210 g/mol. The van der Waals surface area contributed by atoms with E-state index in [0.29, 0.717) is 0 Å². The number of hydrogen-bond donors (Lipinski definition) is 0. The molecule has 0 atom stereocenters. The van der Waals surface area contributed by atoms with E-state index in [4.69, 9.17) is 0 Å². The molecule has 78 valence electrons. The first-order chi connectivity index (χ1) is 7.95. The van der Waals surface area contributed by atoms with Crippen LogP contribution in [0.5, 0.6) is 0 Å². The Morgan fingerprint density at radius 2 is 1.25 bits per heavy atom. The number of nitrogens with zero attached hydrogens (tertiary/aromatic N) is 4. The Morgan fingerprint density at radius 3 is 1.62 bits per heavy atom. The van der Waals surface area contributed by atoms with E-state index in [0.717, 1.165) is 11.4 Å². The van der Waals surface area contributed by atoms with E-state index in [1.807, 2.05) is 36.4 Å². The second-order valence-electron chi connectivity index (χ2n) is 3.00. The summed E-state index contributed by atoms with van der Waals surface area (Å²) >= 11 is 0. The van der Waals surface area contributed by atoms with Crippen LogP contribution in [0.15, 0.2) is 59.0 Å². The second-order valence-corrected chi connectivity index (χ2v) is 3.00. The average Bonchev–Trinajstić information content (AvgIpc) is 2.37. The third-order valence-electron chi connectivity index (χ3n) is 1.82. The van der Waals surface area contributed by atoms with Crippen molar-refractivity contribution in [1.29, 1.82) is 0 Å². The van der Waals surface area contributed by atoms with E-state index in [1.165, 1.54) is 0 Å². The lowest BCUT2D eigenvalue weighted by Crippen LogP contribution is -1.85. The summed E-state index contributed by atoms with van der Waals surface area (Å²) in [5.74, 6) is 0. The number of hydrogen-bond acceptors (Lipinski definition) is 4. The van der Waals surface area contributed by atoms with Gasteiger partial charge in [-0.1, -0.05) is 12.1 Å². The van der Waals surface area contributed by atoms with E-state index >= 15 is 0 Å². The Bertz CT molecular complexity index is 429. The van der Waals surface area contributed by atoms with Crippen LogP contribution in [0.1, 0.15) is 11.4 Å². The summed E-state index contributed by atoms with van der Waals surface area (Å²) in [5.41, 5.74) is 1.56. The minimum Gasteiger partial charge on any atom is -0.255 e. The van der Waals surface area contributed by atoms with Crippen molar-refractivity contribution < 1.29 is 0 Å². The molecule has 2 aromatic rings. The number of aromatic nitrogens is 2. The molecule has 0 saturated carbocycles. The van der Waals surface area contributed by atoms with Crippen LogP contribution >= 0.6 is 0 Å². The van der Waals surface area contributed by atoms with Crippen molar-refractivity contribution in [3.8, 4) is 0 Å². The van der Waals surface area contributed by atoms with Crippen molar-refractivity contribution in [2.45, 2.75) is 0 Å². The molecule has 0 saturated heterocycles. The Hall–Kier alpha value is -2.36. The fourth-order valence-electron chi connectivity index (χ4n) is 1.09. The molecule has 4 nitrogen and oxygen atoms in total. The first kappa shape index (κ1) is 10.2. The van der Waals surface area contributed by atoms with Gasteiger partial charge in [-0.2, -0.15) is 10.2 Å². The highest BCUT2D eigenvalue weighted by Crippen LogP contribution is 1.90. The van der Waals surface area contributed by atoms with E-state index < -0.39 is 0 Å². The lowest BCUT2D eigenvalue weighted by Gasteiger charge is -1.88. The normalized spacial score (nSPS) is 11.2. The van der Waals surface area contributed by atoms with E-state index in [1.54, 1.807) is 24.8 Å². The van der Waals surface area contributed by atoms with E-state index in [2.05, 4.69) is 20.2 Å². The van der Waals surface area contributed by atoms with Gasteiger partial charge in [0.2, 0.25) is 0 Å². The maximum atomic E-state index is 4.08. The fourth-order valence-corrected chi connectivity index (χ4v) is 1.09. The minimum atomic E-state index is 0.778. The fraction of sp³-hybridized carbons (Fsp3) is 0. The molecule has 0 radical (unpaired) electrons. The summed E-state index contributed by atoms with van der Waals surface area (Å²) < 4.78 is 0. The molecule has 0 unspecified atom stereocenters. The molecule has 0 spiro atoms. The topological polar surface area (TPSA) is 50.5 Å². The van der Waals surface area contributed by atoms with Gasteiger partial charge in [0.1, 0.15) is 0 Å². The van der Waals surface area contributed by atoms with Crippen LogP contribution in [0.25, 0.3) is 0 Å². The summed E-state index contributed by atoms with van der Waals surface area (Å²) in [6.07, 6.45) is 6.62. The Kier molecular flexibility index (Phi) is 3.50. The molecular formula is C12H10N4. The standard InChI is InChI=1S/C12H10N4/c1-3-7-13-11(5-1)9-15-16-10-12-6-2-4-8-14-12/h1-10H. The molecular weight excluding hydrogens is 200 g/mol. The molecule has 0 aliphatic carbocycles. The molecule has 2 heterocycles. The lowest BCUT2D eigenvalue weighted by molar-refractivity contribution is 1.22. The first-order valence-corrected chi connectivity index (χ1v) is 4.83. The van der Waals surface area contributed by atoms with Crippen molar-refractivity contribution in [2.75, 3.05) is 0 Å². The van der Waals surface area contributed by atoms with Gasteiger partial charge in [-0.25, -0.2) is 0 Å². The quantitative estimate of drug-likeness (QED) is 0.574. The van der Waals surface area contributed by atoms with Crippen molar-refractivity contribution in [3.05, 3.63) is 60.2 Å². The zero-order chi connectivity index (χ0) is 11.1. The Morgan fingerprint density at radius 1 is 0.750 bits per heavy atom. The molecule has 2 aromatic heterocycles. The van der Waals surface area contributed by atoms with Gasteiger partial charge in [0, 0.05) is 12.4 Å². The van der Waals surface area contributed by atoms with Crippen molar-refractivity contribution in [1.82, 2.24) is 9.97 Å². The highest BCUT2D eigenvalue weighted by molar-refractivity contribution is 5.79. The minimum absolute atomic E-state index is 0.778. The maximum absolute atomic E-state index is 4.08. The molecule has 0 fully saturated rings. The van der Waals surface area contributed by atoms with E-state index in [9.17, 15) is 0 Å². The first-order valence-electron chi connectivity index (χ1n) is 4.83. The highest BCUT2D eigenvalue weighted by atomic mass is 15.2. The predicted molar refractivity (Wildman–Crippen MR) is 63.7 cm³/mol. The number of rotatable bonds is 3. The van der Waals surface area contributed by atoms with Crippen LogP contribution in [0, 0.1) is 0 Å². The third-order valence-corrected chi connectivity index (χ3v) is 1.82. The molecule has 0 aliphatic heterocycles. The zero-order valence-electron chi connectivity index (χ0n) is 8.56. The van der Waals surface area contributed by atoms with Crippen LogP contribution < -0.4 is 0 Å². The SMILES string of the molecule is C(=NN=Cc1ccccn1)c1ccccn1. The van der Waals surface area contributed by atoms with E-state index in [-0.39, 0.29) is 0 Å². The molecule has 0 amide bonds. The molecule has 16 heavy (non-hydrogen) atoms. The lowest BCUT2D eigenvalue weighted by atomic mass is 10.4. The van der Waals surface area contributed by atoms with Gasteiger partial charge in [0.25, 0.3) is 0 Å². The molecule has 0 aliphatic rings. The van der Waals surface area contributed by atoms with Crippen LogP contribution in [-0.4, -0.2) is 22.4 Å². The van der Waals surface area contributed by atoms with Crippen LogP contribution in [-0.2, 0) is 0 Å². The van der Waals surface area contributed by atoms with Gasteiger partial charge < -0.3 is 0 Å². The van der Waals surface area contributed by atoms with Gasteiger partial charge in [-0.3, -0.25) is 9.97 Å². The predicted octanol–water partition coefficient (Wildman–Crippen LogP) is 1.93. The van der Waals surface area contributed by atoms with Crippen LogP contribution in [0.4, 0.5) is 0 Å². The van der Waals surface area contributed by atoms with Crippen LogP contribution in [0.2, 0.25) is 0 Å². The van der Waals surface area contributed by atoms with Gasteiger partial charge in [0.05, 0.1) is 23.8 Å². The molecule has 2 rings (SSSR count). The zero-order valence-corrected chi connectivity index (χ0v) is 8.56.